The van der Waals surface area contributed by atoms with Crippen molar-refractivity contribution >= 4 is 5.76 Å². The Labute approximate surface area is 98.8 Å². The Balaban J connectivity index is 2.29. The number of aliphatic hydroxyl groups excluding tert-OH is 1. The highest BCUT2D eigenvalue weighted by atomic mass is 16.3. The number of hydrogen-bond acceptors (Lipinski definition) is 1. The summed E-state index contributed by atoms with van der Waals surface area (Å²) in [5.41, 5.74) is 2.16. The van der Waals surface area contributed by atoms with Gasteiger partial charge in [0.1, 0.15) is 5.76 Å². The van der Waals surface area contributed by atoms with E-state index in [-0.39, 0.29) is 5.76 Å². The summed E-state index contributed by atoms with van der Waals surface area (Å²) in [5.74, 6) is 0.148. The van der Waals surface area contributed by atoms with Crippen LogP contribution in [-0.2, 0) is 6.42 Å². The highest BCUT2D eigenvalue weighted by molar-refractivity contribution is 5.55. The molecule has 0 heterocycles. The second kappa shape index (κ2) is 7.10. The van der Waals surface area contributed by atoms with E-state index >= 15 is 0 Å². The third kappa shape index (κ3) is 4.52. The average molecular weight is 218 g/mol. The van der Waals surface area contributed by atoms with Crippen LogP contribution in [0.5, 0.6) is 0 Å². The lowest BCUT2D eigenvalue weighted by atomic mass is 10.0. The quantitative estimate of drug-likeness (QED) is 0.518. The van der Waals surface area contributed by atoms with Crippen molar-refractivity contribution in [2.24, 2.45) is 0 Å². The molecule has 0 radical (unpaired) electrons. The third-order valence-electron chi connectivity index (χ3n) is 2.86. The summed E-state index contributed by atoms with van der Waals surface area (Å²) < 4.78 is 0. The molecule has 0 amide bonds. The summed E-state index contributed by atoms with van der Waals surface area (Å²) in [6, 6.07) is 8.03. The average Bonchev–Trinajstić information content (AvgIpc) is 2.29. The largest absolute Gasteiger partial charge is 0.508 e. The van der Waals surface area contributed by atoms with Gasteiger partial charge in [-0.15, -0.1) is 0 Å². The zero-order valence-corrected chi connectivity index (χ0v) is 10.2. The predicted molar refractivity (Wildman–Crippen MR) is 70.6 cm³/mol. The molecule has 0 aliphatic carbocycles. The first-order valence-corrected chi connectivity index (χ1v) is 6.21. The van der Waals surface area contributed by atoms with Crippen LogP contribution in [0.1, 0.15) is 50.2 Å². The van der Waals surface area contributed by atoms with E-state index in [2.05, 4.69) is 25.6 Å². The maximum absolute atomic E-state index is 9.19. The van der Waals surface area contributed by atoms with Gasteiger partial charge >= 0.3 is 0 Å². The van der Waals surface area contributed by atoms with E-state index in [4.69, 9.17) is 0 Å². The van der Waals surface area contributed by atoms with Crippen LogP contribution < -0.4 is 0 Å². The van der Waals surface area contributed by atoms with Gasteiger partial charge in [-0.1, -0.05) is 63.5 Å². The minimum absolute atomic E-state index is 0.148. The van der Waals surface area contributed by atoms with E-state index in [1.807, 2.05) is 12.1 Å². The van der Waals surface area contributed by atoms with Crippen LogP contribution in [0.2, 0.25) is 0 Å². The molecule has 1 aromatic carbocycles. The van der Waals surface area contributed by atoms with Gasteiger partial charge < -0.3 is 5.11 Å². The lowest BCUT2D eigenvalue weighted by Gasteiger charge is -2.03. The molecule has 0 fully saturated rings. The van der Waals surface area contributed by atoms with Crippen molar-refractivity contribution in [2.75, 3.05) is 0 Å². The van der Waals surface area contributed by atoms with Crippen molar-refractivity contribution in [3.63, 3.8) is 0 Å². The Morgan fingerprint density at radius 3 is 2.25 bits per heavy atom. The Kier molecular flexibility index (Phi) is 5.69. The fourth-order valence-corrected chi connectivity index (χ4v) is 1.80. The van der Waals surface area contributed by atoms with Gasteiger partial charge in [-0.3, -0.25) is 0 Å². The first-order valence-electron chi connectivity index (χ1n) is 6.21. The molecule has 0 spiro atoms. The normalized spacial score (nSPS) is 10.3. The van der Waals surface area contributed by atoms with Crippen LogP contribution in [0, 0.1) is 0 Å². The number of unbranched alkanes of at least 4 members (excludes halogenated alkanes) is 4. The van der Waals surface area contributed by atoms with Crippen molar-refractivity contribution < 1.29 is 5.11 Å². The second-order valence-corrected chi connectivity index (χ2v) is 4.31. The van der Waals surface area contributed by atoms with Crippen LogP contribution in [0.15, 0.2) is 30.8 Å². The molecule has 0 unspecified atom stereocenters. The highest BCUT2D eigenvalue weighted by Crippen LogP contribution is 2.13. The van der Waals surface area contributed by atoms with E-state index in [1.165, 1.54) is 37.7 Å². The van der Waals surface area contributed by atoms with Crippen LogP contribution in [0.25, 0.3) is 5.76 Å². The zero-order valence-electron chi connectivity index (χ0n) is 10.2. The summed E-state index contributed by atoms with van der Waals surface area (Å²) >= 11 is 0. The standard InChI is InChI=1S/C15H22O/c1-3-4-5-6-7-8-14-9-11-15(12-10-14)13(2)16/h9-12,16H,2-8H2,1H3. The molecule has 1 N–H and O–H groups in total. The number of rotatable bonds is 7. The molecule has 0 atom stereocenters. The van der Waals surface area contributed by atoms with E-state index < -0.39 is 0 Å². The maximum Gasteiger partial charge on any atom is 0.115 e. The van der Waals surface area contributed by atoms with Crippen LogP contribution in [-0.4, -0.2) is 5.11 Å². The zero-order chi connectivity index (χ0) is 11.8. The van der Waals surface area contributed by atoms with Crippen molar-refractivity contribution in [2.45, 2.75) is 45.4 Å². The number of aliphatic hydroxyl groups is 1. The first-order chi connectivity index (χ1) is 7.74. The van der Waals surface area contributed by atoms with Crippen LogP contribution in [0.4, 0.5) is 0 Å². The van der Waals surface area contributed by atoms with E-state index in [0.717, 1.165) is 12.0 Å². The Bertz CT molecular complexity index is 311. The molecule has 1 heteroatoms. The monoisotopic (exact) mass is 218 g/mol. The van der Waals surface area contributed by atoms with Gasteiger partial charge in [0.2, 0.25) is 0 Å². The maximum atomic E-state index is 9.19. The van der Waals surface area contributed by atoms with Crippen molar-refractivity contribution in [3.8, 4) is 0 Å². The van der Waals surface area contributed by atoms with Gasteiger partial charge in [-0.05, 0) is 18.4 Å². The van der Waals surface area contributed by atoms with E-state index in [0.29, 0.717) is 0 Å². The van der Waals surface area contributed by atoms with Crippen LogP contribution in [0.3, 0.4) is 0 Å². The molecule has 16 heavy (non-hydrogen) atoms. The van der Waals surface area contributed by atoms with Crippen molar-refractivity contribution in [1.29, 1.82) is 0 Å². The van der Waals surface area contributed by atoms with Gasteiger partial charge in [0.15, 0.2) is 0 Å². The summed E-state index contributed by atoms with van der Waals surface area (Å²) in [5, 5.41) is 9.19. The molecule has 0 aliphatic heterocycles. The number of benzene rings is 1. The molecule has 1 rings (SSSR count). The number of hydrogen-bond donors (Lipinski definition) is 1. The summed E-state index contributed by atoms with van der Waals surface area (Å²) in [6.07, 6.45) is 7.72. The predicted octanol–water partition coefficient (Wildman–Crippen LogP) is 4.73. The molecular formula is C15H22O. The smallest absolute Gasteiger partial charge is 0.115 e. The Morgan fingerprint density at radius 1 is 1.06 bits per heavy atom. The second-order valence-electron chi connectivity index (χ2n) is 4.31. The molecule has 1 aromatic rings. The van der Waals surface area contributed by atoms with Gasteiger partial charge in [0.25, 0.3) is 0 Å². The minimum atomic E-state index is 0.148. The summed E-state index contributed by atoms with van der Waals surface area (Å²) in [4.78, 5) is 0. The van der Waals surface area contributed by atoms with Gasteiger partial charge in [0, 0.05) is 5.56 Å². The van der Waals surface area contributed by atoms with E-state index in [9.17, 15) is 5.11 Å². The number of aryl methyl sites for hydroxylation is 1. The molecule has 88 valence electrons. The third-order valence-corrected chi connectivity index (χ3v) is 2.86. The lowest BCUT2D eigenvalue weighted by Crippen LogP contribution is -1.87. The highest BCUT2D eigenvalue weighted by Gasteiger charge is 1.97. The SMILES string of the molecule is C=C(O)c1ccc(CCCCCCC)cc1. The summed E-state index contributed by atoms with van der Waals surface area (Å²) in [7, 11) is 0. The fourth-order valence-electron chi connectivity index (χ4n) is 1.80. The van der Waals surface area contributed by atoms with Crippen molar-refractivity contribution in [1.82, 2.24) is 0 Å². The van der Waals surface area contributed by atoms with Crippen molar-refractivity contribution in [3.05, 3.63) is 42.0 Å². The van der Waals surface area contributed by atoms with Crippen LogP contribution >= 0.6 is 0 Å². The molecule has 0 aliphatic rings. The Morgan fingerprint density at radius 2 is 1.69 bits per heavy atom. The lowest BCUT2D eigenvalue weighted by molar-refractivity contribution is 0.514. The molecule has 1 nitrogen and oxygen atoms in total. The molecule has 0 bridgehead atoms. The fraction of sp³-hybridized carbons (Fsp3) is 0.467. The first kappa shape index (κ1) is 12.8. The van der Waals surface area contributed by atoms with Gasteiger partial charge in [-0.2, -0.15) is 0 Å². The topological polar surface area (TPSA) is 20.2 Å². The Hall–Kier alpha value is -1.24. The molecular weight excluding hydrogens is 196 g/mol. The summed E-state index contributed by atoms with van der Waals surface area (Å²) in [6.45, 7) is 5.74. The van der Waals surface area contributed by atoms with Gasteiger partial charge in [0.05, 0.1) is 0 Å². The van der Waals surface area contributed by atoms with Gasteiger partial charge in [-0.25, -0.2) is 0 Å². The molecule has 0 saturated heterocycles. The van der Waals surface area contributed by atoms with E-state index in [1.54, 1.807) is 0 Å². The molecule has 0 saturated carbocycles. The minimum Gasteiger partial charge on any atom is -0.508 e. The molecule has 0 aromatic heterocycles.